The molecule has 0 fully saturated rings. The van der Waals surface area contributed by atoms with E-state index in [1.165, 1.54) is 16.4 Å². The third-order valence-corrected chi connectivity index (χ3v) is 6.14. The molecule has 0 N–H and O–H groups in total. The van der Waals surface area contributed by atoms with Crippen molar-refractivity contribution in [1.82, 2.24) is 4.31 Å². The van der Waals surface area contributed by atoms with Gasteiger partial charge in [-0.1, -0.05) is 11.6 Å². The summed E-state index contributed by atoms with van der Waals surface area (Å²) >= 11 is 14.8. The van der Waals surface area contributed by atoms with E-state index in [0.717, 1.165) is 0 Å². The van der Waals surface area contributed by atoms with Crippen LogP contribution in [0.3, 0.4) is 0 Å². The zero-order valence-electron chi connectivity index (χ0n) is 10.7. The first kappa shape index (κ1) is 17.2. The Morgan fingerprint density at radius 1 is 1.37 bits per heavy atom. The Morgan fingerprint density at radius 3 is 2.47 bits per heavy atom. The topological polar surface area (TPSA) is 37.4 Å². The molecule has 0 bridgehead atoms. The second kappa shape index (κ2) is 7.27. The predicted octanol–water partition coefficient (Wildman–Crippen LogP) is 4.13. The molecular formula is C12H16BrCl2NO2S. The summed E-state index contributed by atoms with van der Waals surface area (Å²) in [4.78, 5) is 0.229. The molecule has 0 saturated carbocycles. The molecule has 1 rings (SSSR count). The molecule has 0 atom stereocenters. The van der Waals surface area contributed by atoms with Crippen LogP contribution in [0.4, 0.5) is 0 Å². The van der Waals surface area contributed by atoms with Gasteiger partial charge in [0, 0.05) is 22.9 Å². The number of sulfonamides is 1. The number of alkyl halides is 1. The van der Waals surface area contributed by atoms with Crippen LogP contribution in [0.25, 0.3) is 0 Å². The van der Waals surface area contributed by atoms with Crippen molar-refractivity contribution in [1.29, 1.82) is 0 Å². The highest BCUT2D eigenvalue weighted by Gasteiger charge is 2.26. The lowest BCUT2D eigenvalue weighted by atomic mass is 10.3. The molecule has 0 aliphatic carbocycles. The maximum atomic E-state index is 12.6. The summed E-state index contributed by atoms with van der Waals surface area (Å²) in [6.07, 6.45) is 0.619. The van der Waals surface area contributed by atoms with E-state index in [9.17, 15) is 8.42 Å². The minimum Gasteiger partial charge on any atom is -0.207 e. The molecule has 0 aliphatic heterocycles. The van der Waals surface area contributed by atoms with Crippen LogP contribution < -0.4 is 0 Å². The molecule has 0 aliphatic rings. The van der Waals surface area contributed by atoms with Crippen molar-refractivity contribution in [2.24, 2.45) is 0 Å². The zero-order chi connectivity index (χ0) is 14.6. The van der Waals surface area contributed by atoms with E-state index in [0.29, 0.717) is 28.3 Å². The Morgan fingerprint density at radius 2 is 2.00 bits per heavy atom. The Hall–Kier alpha value is 0.190. The van der Waals surface area contributed by atoms with Crippen LogP contribution in [0, 0.1) is 0 Å². The van der Waals surface area contributed by atoms with Crippen LogP contribution in [-0.2, 0) is 10.0 Å². The van der Waals surface area contributed by atoms with Gasteiger partial charge in [-0.05, 0) is 54.4 Å². The molecule has 3 nitrogen and oxygen atoms in total. The van der Waals surface area contributed by atoms with Crippen LogP contribution in [0.15, 0.2) is 27.6 Å². The predicted molar refractivity (Wildman–Crippen MR) is 83.5 cm³/mol. The Labute approximate surface area is 133 Å². The van der Waals surface area contributed by atoms with Crippen LogP contribution in [0.2, 0.25) is 5.02 Å². The van der Waals surface area contributed by atoms with Crippen molar-refractivity contribution in [2.45, 2.75) is 31.2 Å². The molecule has 0 aromatic heterocycles. The van der Waals surface area contributed by atoms with Gasteiger partial charge in [0.1, 0.15) is 0 Å². The lowest BCUT2D eigenvalue weighted by Crippen LogP contribution is -2.37. The number of rotatable bonds is 6. The minimum atomic E-state index is -3.53. The number of hydrogen-bond donors (Lipinski definition) is 0. The van der Waals surface area contributed by atoms with Crippen molar-refractivity contribution in [3.05, 3.63) is 27.7 Å². The van der Waals surface area contributed by atoms with E-state index >= 15 is 0 Å². The normalized spacial score (nSPS) is 12.4. The largest absolute Gasteiger partial charge is 0.243 e. The SMILES string of the molecule is CC(C)N(CCCCl)S(=O)(=O)c1ccc(Cl)c(Br)c1. The molecule has 0 heterocycles. The fraction of sp³-hybridized carbons (Fsp3) is 0.500. The average Bonchev–Trinajstić information content (AvgIpc) is 2.32. The summed E-state index contributed by atoms with van der Waals surface area (Å²) in [5, 5.41) is 0.482. The highest BCUT2D eigenvalue weighted by Crippen LogP contribution is 2.27. The van der Waals surface area contributed by atoms with Gasteiger partial charge < -0.3 is 0 Å². The summed E-state index contributed by atoms with van der Waals surface area (Å²) in [5.74, 6) is 0.434. The van der Waals surface area contributed by atoms with E-state index in [-0.39, 0.29) is 10.9 Å². The van der Waals surface area contributed by atoms with Gasteiger partial charge in [-0.15, -0.1) is 11.6 Å². The standard InChI is InChI=1S/C12H16BrCl2NO2S/c1-9(2)16(7-3-6-14)19(17,18)10-4-5-12(15)11(13)8-10/h4-5,8-9H,3,6-7H2,1-2H3. The van der Waals surface area contributed by atoms with Crippen LogP contribution >= 0.6 is 39.1 Å². The van der Waals surface area contributed by atoms with E-state index in [1.54, 1.807) is 6.07 Å². The molecule has 0 radical (unpaired) electrons. The lowest BCUT2D eigenvalue weighted by molar-refractivity contribution is 0.354. The molecule has 0 unspecified atom stereocenters. The molecule has 0 spiro atoms. The van der Waals surface area contributed by atoms with Crippen molar-refractivity contribution in [2.75, 3.05) is 12.4 Å². The van der Waals surface area contributed by atoms with Crippen LogP contribution in [-0.4, -0.2) is 31.2 Å². The molecule has 108 valence electrons. The molecule has 1 aromatic carbocycles. The van der Waals surface area contributed by atoms with E-state index < -0.39 is 10.0 Å². The fourth-order valence-electron chi connectivity index (χ4n) is 1.64. The highest BCUT2D eigenvalue weighted by molar-refractivity contribution is 9.10. The molecule has 19 heavy (non-hydrogen) atoms. The number of nitrogens with zero attached hydrogens (tertiary/aromatic N) is 1. The fourth-order valence-corrected chi connectivity index (χ4v) is 4.11. The summed E-state index contributed by atoms with van der Waals surface area (Å²) in [7, 11) is -3.53. The van der Waals surface area contributed by atoms with Crippen LogP contribution in [0.5, 0.6) is 0 Å². The summed E-state index contributed by atoms with van der Waals surface area (Å²) < 4.78 is 27.1. The third-order valence-electron chi connectivity index (χ3n) is 2.59. The quantitative estimate of drug-likeness (QED) is 0.687. The van der Waals surface area contributed by atoms with E-state index in [2.05, 4.69) is 15.9 Å². The second-order valence-corrected chi connectivity index (χ2v) is 7.86. The number of halogens is 3. The Balaban J connectivity index is 3.15. The average molecular weight is 389 g/mol. The lowest BCUT2D eigenvalue weighted by Gasteiger charge is -2.25. The van der Waals surface area contributed by atoms with Gasteiger partial charge in [0.15, 0.2) is 0 Å². The second-order valence-electron chi connectivity index (χ2n) is 4.33. The maximum Gasteiger partial charge on any atom is 0.243 e. The van der Waals surface area contributed by atoms with Gasteiger partial charge >= 0.3 is 0 Å². The molecule has 1 aromatic rings. The molecular weight excluding hydrogens is 373 g/mol. The number of hydrogen-bond acceptors (Lipinski definition) is 2. The van der Waals surface area contributed by atoms with E-state index in [4.69, 9.17) is 23.2 Å². The monoisotopic (exact) mass is 387 g/mol. The molecule has 0 saturated heterocycles. The first-order chi connectivity index (χ1) is 8.80. The van der Waals surface area contributed by atoms with Crippen molar-refractivity contribution < 1.29 is 8.42 Å². The maximum absolute atomic E-state index is 12.6. The van der Waals surface area contributed by atoms with Gasteiger partial charge in [0.05, 0.1) is 9.92 Å². The zero-order valence-corrected chi connectivity index (χ0v) is 14.7. The van der Waals surface area contributed by atoms with Crippen molar-refractivity contribution in [3.8, 4) is 0 Å². The first-order valence-electron chi connectivity index (χ1n) is 5.83. The smallest absolute Gasteiger partial charge is 0.207 e. The van der Waals surface area contributed by atoms with Crippen molar-refractivity contribution >= 4 is 49.2 Å². The Kier molecular flexibility index (Phi) is 6.60. The minimum absolute atomic E-state index is 0.123. The molecule has 0 amide bonds. The Bertz CT molecular complexity index is 535. The van der Waals surface area contributed by atoms with E-state index in [1.807, 2.05) is 13.8 Å². The summed E-state index contributed by atoms with van der Waals surface area (Å²) in [6.45, 7) is 4.09. The number of benzene rings is 1. The van der Waals surface area contributed by atoms with Gasteiger partial charge in [0.25, 0.3) is 0 Å². The molecule has 7 heteroatoms. The van der Waals surface area contributed by atoms with Gasteiger partial charge in [-0.3, -0.25) is 0 Å². The van der Waals surface area contributed by atoms with Gasteiger partial charge in [-0.2, -0.15) is 4.31 Å². The highest BCUT2D eigenvalue weighted by atomic mass is 79.9. The summed E-state index contributed by atoms with van der Waals surface area (Å²) in [5.41, 5.74) is 0. The van der Waals surface area contributed by atoms with Crippen LogP contribution in [0.1, 0.15) is 20.3 Å². The van der Waals surface area contributed by atoms with Gasteiger partial charge in [0.2, 0.25) is 10.0 Å². The summed E-state index contributed by atoms with van der Waals surface area (Å²) in [6, 6.07) is 4.48. The first-order valence-corrected chi connectivity index (χ1v) is 8.98. The van der Waals surface area contributed by atoms with Gasteiger partial charge in [-0.25, -0.2) is 8.42 Å². The van der Waals surface area contributed by atoms with Crippen molar-refractivity contribution in [3.63, 3.8) is 0 Å². The third kappa shape index (κ3) is 4.33.